The van der Waals surface area contributed by atoms with Crippen molar-refractivity contribution < 1.29 is 0 Å². The SMILES string of the molecule is CNc1cncc(NC2CCC(SC)CC2)c1. The van der Waals surface area contributed by atoms with Crippen LogP contribution in [0.5, 0.6) is 0 Å². The highest BCUT2D eigenvalue weighted by Gasteiger charge is 2.20. The van der Waals surface area contributed by atoms with E-state index in [0.29, 0.717) is 6.04 Å². The lowest BCUT2D eigenvalue weighted by Crippen LogP contribution is -2.27. The molecule has 0 spiro atoms. The smallest absolute Gasteiger partial charge is 0.0549 e. The minimum absolute atomic E-state index is 0.618. The Hall–Kier alpha value is -0.900. The molecule has 3 nitrogen and oxygen atoms in total. The van der Waals surface area contributed by atoms with Gasteiger partial charge in [-0.1, -0.05) is 0 Å². The molecule has 4 heteroatoms. The Morgan fingerprint density at radius 2 is 1.88 bits per heavy atom. The van der Waals surface area contributed by atoms with Crippen LogP contribution in [0.25, 0.3) is 0 Å². The van der Waals surface area contributed by atoms with Crippen molar-refractivity contribution in [2.45, 2.75) is 37.0 Å². The van der Waals surface area contributed by atoms with Gasteiger partial charge in [-0.3, -0.25) is 4.98 Å². The maximum absolute atomic E-state index is 4.22. The first-order valence-corrected chi connectivity index (χ1v) is 7.52. The molecule has 0 aromatic carbocycles. The topological polar surface area (TPSA) is 37.0 Å². The maximum Gasteiger partial charge on any atom is 0.0549 e. The second-order valence-corrected chi connectivity index (χ2v) is 5.70. The molecule has 1 aromatic rings. The largest absolute Gasteiger partial charge is 0.387 e. The average Bonchev–Trinajstić information content (AvgIpc) is 2.40. The van der Waals surface area contributed by atoms with E-state index >= 15 is 0 Å². The minimum Gasteiger partial charge on any atom is -0.387 e. The minimum atomic E-state index is 0.618. The normalized spacial score (nSPS) is 24.4. The molecular weight excluding hydrogens is 230 g/mol. The molecule has 1 aromatic heterocycles. The van der Waals surface area contributed by atoms with Gasteiger partial charge in [0, 0.05) is 18.3 Å². The number of hydrogen-bond acceptors (Lipinski definition) is 4. The first kappa shape index (κ1) is 12.6. The van der Waals surface area contributed by atoms with Crippen LogP contribution in [0.2, 0.25) is 0 Å². The number of thioether (sulfide) groups is 1. The lowest BCUT2D eigenvalue weighted by Gasteiger charge is -2.28. The van der Waals surface area contributed by atoms with Gasteiger partial charge in [-0.2, -0.15) is 11.8 Å². The zero-order valence-electron chi connectivity index (χ0n) is 10.6. The van der Waals surface area contributed by atoms with Crippen molar-refractivity contribution in [3.63, 3.8) is 0 Å². The molecule has 1 fully saturated rings. The van der Waals surface area contributed by atoms with Gasteiger partial charge in [0.25, 0.3) is 0 Å². The lowest BCUT2D eigenvalue weighted by molar-refractivity contribution is 0.473. The second kappa shape index (κ2) is 6.15. The number of pyridine rings is 1. The van der Waals surface area contributed by atoms with Crippen LogP contribution >= 0.6 is 11.8 Å². The van der Waals surface area contributed by atoms with E-state index in [0.717, 1.165) is 16.6 Å². The number of hydrogen-bond donors (Lipinski definition) is 2. The number of anilines is 2. The molecular formula is C13H21N3S. The van der Waals surface area contributed by atoms with Gasteiger partial charge in [-0.15, -0.1) is 0 Å². The van der Waals surface area contributed by atoms with E-state index < -0.39 is 0 Å². The molecule has 0 saturated heterocycles. The van der Waals surface area contributed by atoms with Crippen molar-refractivity contribution in [3.8, 4) is 0 Å². The molecule has 1 saturated carbocycles. The maximum atomic E-state index is 4.22. The zero-order chi connectivity index (χ0) is 12.1. The van der Waals surface area contributed by atoms with Crippen LogP contribution in [-0.4, -0.2) is 29.6 Å². The van der Waals surface area contributed by atoms with Gasteiger partial charge >= 0.3 is 0 Å². The Labute approximate surface area is 108 Å². The van der Waals surface area contributed by atoms with E-state index in [1.54, 1.807) is 0 Å². The number of aromatic nitrogens is 1. The molecule has 0 unspecified atom stereocenters. The van der Waals surface area contributed by atoms with Crippen molar-refractivity contribution in [1.29, 1.82) is 0 Å². The third-order valence-corrected chi connectivity index (χ3v) is 4.54. The third kappa shape index (κ3) is 3.53. The standard InChI is InChI=1S/C13H21N3S/c1-14-11-7-12(9-15-8-11)16-10-3-5-13(17-2)6-4-10/h7-10,13-14,16H,3-6H2,1-2H3. The van der Waals surface area contributed by atoms with Crippen LogP contribution in [0.3, 0.4) is 0 Å². The summed E-state index contributed by atoms with van der Waals surface area (Å²) in [7, 11) is 1.92. The second-order valence-electron chi connectivity index (χ2n) is 4.57. The molecule has 1 aliphatic carbocycles. The van der Waals surface area contributed by atoms with Gasteiger partial charge in [0.1, 0.15) is 0 Å². The number of nitrogens with zero attached hydrogens (tertiary/aromatic N) is 1. The molecule has 0 radical (unpaired) electrons. The van der Waals surface area contributed by atoms with Crippen molar-refractivity contribution in [2.24, 2.45) is 0 Å². The molecule has 94 valence electrons. The highest BCUT2D eigenvalue weighted by Crippen LogP contribution is 2.28. The van der Waals surface area contributed by atoms with Gasteiger partial charge < -0.3 is 10.6 Å². The highest BCUT2D eigenvalue weighted by atomic mass is 32.2. The quantitative estimate of drug-likeness (QED) is 0.861. The summed E-state index contributed by atoms with van der Waals surface area (Å²) in [5, 5.41) is 7.57. The number of nitrogens with one attached hydrogen (secondary N) is 2. The van der Waals surface area contributed by atoms with Crippen LogP contribution in [0.4, 0.5) is 11.4 Å². The van der Waals surface area contributed by atoms with E-state index in [4.69, 9.17) is 0 Å². The van der Waals surface area contributed by atoms with Gasteiger partial charge in [0.2, 0.25) is 0 Å². The molecule has 0 atom stereocenters. The van der Waals surface area contributed by atoms with Gasteiger partial charge in [-0.05, 0) is 38.0 Å². The molecule has 2 N–H and O–H groups in total. The first-order chi connectivity index (χ1) is 8.31. The Morgan fingerprint density at radius 1 is 1.18 bits per heavy atom. The summed E-state index contributed by atoms with van der Waals surface area (Å²) in [5.74, 6) is 0. The molecule has 2 rings (SSSR count). The number of rotatable bonds is 4. The van der Waals surface area contributed by atoms with E-state index in [-0.39, 0.29) is 0 Å². The lowest BCUT2D eigenvalue weighted by atomic mass is 9.95. The van der Waals surface area contributed by atoms with Crippen molar-refractivity contribution in [1.82, 2.24) is 4.98 Å². The van der Waals surface area contributed by atoms with Crippen LogP contribution in [-0.2, 0) is 0 Å². The summed E-state index contributed by atoms with van der Waals surface area (Å²) in [4.78, 5) is 4.22. The van der Waals surface area contributed by atoms with Crippen LogP contribution in [0, 0.1) is 0 Å². The predicted octanol–water partition coefficient (Wildman–Crippen LogP) is 3.21. The van der Waals surface area contributed by atoms with Crippen LogP contribution in [0.1, 0.15) is 25.7 Å². The van der Waals surface area contributed by atoms with Crippen LogP contribution in [0.15, 0.2) is 18.5 Å². The summed E-state index contributed by atoms with van der Waals surface area (Å²) in [5.41, 5.74) is 2.19. The third-order valence-electron chi connectivity index (χ3n) is 3.41. The molecule has 17 heavy (non-hydrogen) atoms. The van der Waals surface area contributed by atoms with Crippen molar-refractivity contribution >= 4 is 23.1 Å². The highest BCUT2D eigenvalue weighted by molar-refractivity contribution is 7.99. The zero-order valence-corrected chi connectivity index (χ0v) is 11.4. The fourth-order valence-electron chi connectivity index (χ4n) is 2.33. The van der Waals surface area contributed by atoms with Crippen LogP contribution < -0.4 is 10.6 Å². The first-order valence-electron chi connectivity index (χ1n) is 6.24. The molecule has 0 amide bonds. The summed E-state index contributed by atoms with van der Waals surface area (Å²) in [6, 6.07) is 2.74. The molecule has 0 bridgehead atoms. The summed E-state index contributed by atoms with van der Waals surface area (Å²) in [6.45, 7) is 0. The molecule has 1 heterocycles. The van der Waals surface area contributed by atoms with Gasteiger partial charge in [0.05, 0.1) is 23.8 Å². The van der Waals surface area contributed by atoms with E-state index in [1.807, 2.05) is 31.2 Å². The predicted molar refractivity (Wildman–Crippen MR) is 77.0 cm³/mol. The van der Waals surface area contributed by atoms with Crippen molar-refractivity contribution in [3.05, 3.63) is 18.5 Å². The monoisotopic (exact) mass is 251 g/mol. The van der Waals surface area contributed by atoms with Gasteiger partial charge in [0.15, 0.2) is 0 Å². The van der Waals surface area contributed by atoms with Crippen molar-refractivity contribution in [2.75, 3.05) is 23.9 Å². The molecule has 0 aliphatic heterocycles. The van der Waals surface area contributed by atoms with E-state index in [9.17, 15) is 0 Å². The summed E-state index contributed by atoms with van der Waals surface area (Å²) < 4.78 is 0. The Morgan fingerprint density at radius 3 is 2.53 bits per heavy atom. The summed E-state index contributed by atoms with van der Waals surface area (Å²) >= 11 is 2.01. The van der Waals surface area contributed by atoms with Gasteiger partial charge in [-0.25, -0.2) is 0 Å². The fraction of sp³-hybridized carbons (Fsp3) is 0.615. The Balaban J connectivity index is 1.88. The Bertz CT molecular complexity index is 348. The van der Waals surface area contributed by atoms with E-state index in [2.05, 4.69) is 27.9 Å². The molecule has 1 aliphatic rings. The summed E-state index contributed by atoms with van der Waals surface area (Å²) in [6.07, 6.45) is 11.2. The van der Waals surface area contributed by atoms with E-state index in [1.165, 1.54) is 25.7 Å². The fourth-order valence-corrected chi connectivity index (χ4v) is 3.08. The average molecular weight is 251 g/mol. The Kier molecular flexibility index (Phi) is 4.54.